The summed E-state index contributed by atoms with van der Waals surface area (Å²) in [5, 5.41) is 5.71. The lowest BCUT2D eigenvalue weighted by Crippen LogP contribution is -2.53. The number of hydrogen-bond acceptors (Lipinski definition) is 4. The third-order valence-corrected chi connectivity index (χ3v) is 5.69. The van der Waals surface area contributed by atoms with Crippen LogP contribution in [0.2, 0.25) is 0 Å². The summed E-state index contributed by atoms with van der Waals surface area (Å²) < 4.78 is 0. The van der Waals surface area contributed by atoms with E-state index in [1.165, 1.54) is 0 Å². The number of carbonyl (C=O) groups excluding carboxylic acids is 3. The largest absolute Gasteiger partial charge is 0.352 e. The Bertz CT molecular complexity index is 918. The number of amides is 3. The molecular weight excluding hydrogens is 392 g/mol. The van der Waals surface area contributed by atoms with Crippen LogP contribution in [0.3, 0.4) is 0 Å². The highest BCUT2D eigenvalue weighted by atomic mass is 16.2. The highest BCUT2D eigenvalue weighted by Crippen LogP contribution is 2.19. The number of benzene rings is 2. The third kappa shape index (κ3) is 5.92. The Balaban J connectivity index is 1.20. The Morgan fingerprint density at radius 1 is 0.839 bits per heavy atom. The van der Waals surface area contributed by atoms with Gasteiger partial charge in [-0.2, -0.15) is 0 Å². The van der Waals surface area contributed by atoms with E-state index in [9.17, 15) is 14.4 Å². The van der Waals surface area contributed by atoms with Gasteiger partial charge in [0.05, 0.1) is 13.1 Å². The number of carbonyl (C=O) groups is 3. The first-order chi connectivity index (χ1) is 15.1. The van der Waals surface area contributed by atoms with Crippen LogP contribution in [0, 0.1) is 0 Å². The topological polar surface area (TPSA) is 81.8 Å². The summed E-state index contributed by atoms with van der Waals surface area (Å²) in [4.78, 5) is 40.6. The van der Waals surface area contributed by atoms with Crippen LogP contribution in [0.15, 0.2) is 54.6 Å². The van der Waals surface area contributed by atoms with Crippen LogP contribution in [0.1, 0.15) is 23.2 Å². The number of piperazine rings is 1. The zero-order valence-electron chi connectivity index (χ0n) is 17.5. The molecule has 0 atom stereocenters. The molecule has 4 rings (SSSR count). The second-order valence-electron chi connectivity index (χ2n) is 8.12. The van der Waals surface area contributed by atoms with Gasteiger partial charge in [0.2, 0.25) is 11.8 Å². The summed E-state index contributed by atoms with van der Waals surface area (Å²) in [7, 11) is 0. The summed E-state index contributed by atoms with van der Waals surface area (Å²) >= 11 is 0. The standard InChI is InChI=1S/C24H28N4O3/c29-22(26-21-10-11-21)17-27-12-14-28(15-13-27)23(30)16-25-24(31)20-8-6-19(7-9-20)18-4-2-1-3-5-18/h1-9,21H,10-17H2,(H,25,31)(H,26,29). The van der Waals surface area contributed by atoms with Crippen molar-refractivity contribution in [1.29, 1.82) is 0 Å². The van der Waals surface area contributed by atoms with Crippen molar-refractivity contribution in [3.05, 3.63) is 60.2 Å². The fourth-order valence-electron chi connectivity index (χ4n) is 3.67. The molecule has 0 spiro atoms. The molecule has 1 aliphatic carbocycles. The number of hydrogen-bond donors (Lipinski definition) is 2. The van der Waals surface area contributed by atoms with Gasteiger partial charge < -0.3 is 15.5 Å². The van der Waals surface area contributed by atoms with Crippen LogP contribution in [-0.2, 0) is 9.59 Å². The molecule has 0 radical (unpaired) electrons. The maximum absolute atomic E-state index is 12.5. The number of nitrogens with zero attached hydrogens (tertiary/aromatic N) is 2. The predicted octanol–water partition coefficient (Wildman–Crippen LogP) is 1.51. The van der Waals surface area contributed by atoms with Gasteiger partial charge in [0.25, 0.3) is 5.91 Å². The van der Waals surface area contributed by atoms with Gasteiger partial charge in [-0.1, -0.05) is 42.5 Å². The van der Waals surface area contributed by atoms with Crippen LogP contribution in [-0.4, -0.2) is 72.8 Å². The SMILES string of the molecule is O=C(CN1CCN(C(=O)CNC(=O)c2ccc(-c3ccccc3)cc2)CC1)NC1CC1. The molecule has 31 heavy (non-hydrogen) atoms. The summed E-state index contributed by atoms with van der Waals surface area (Å²) in [6.45, 7) is 2.82. The van der Waals surface area contributed by atoms with Crippen molar-refractivity contribution in [3.63, 3.8) is 0 Å². The lowest BCUT2D eigenvalue weighted by atomic mass is 10.0. The van der Waals surface area contributed by atoms with E-state index in [4.69, 9.17) is 0 Å². The smallest absolute Gasteiger partial charge is 0.251 e. The Kier molecular flexibility index (Phi) is 6.62. The van der Waals surface area contributed by atoms with E-state index in [0.29, 0.717) is 44.3 Å². The lowest BCUT2D eigenvalue weighted by molar-refractivity contribution is -0.132. The molecule has 7 heteroatoms. The van der Waals surface area contributed by atoms with Gasteiger partial charge in [-0.05, 0) is 36.1 Å². The molecule has 162 valence electrons. The molecule has 7 nitrogen and oxygen atoms in total. The molecular formula is C24H28N4O3. The predicted molar refractivity (Wildman–Crippen MR) is 118 cm³/mol. The van der Waals surface area contributed by atoms with Crippen LogP contribution in [0.5, 0.6) is 0 Å². The molecule has 0 aromatic heterocycles. The molecule has 1 aliphatic heterocycles. The second kappa shape index (κ2) is 9.75. The average molecular weight is 421 g/mol. The van der Waals surface area contributed by atoms with Gasteiger partial charge in [0.15, 0.2) is 0 Å². The van der Waals surface area contributed by atoms with Crippen molar-refractivity contribution >= 4 is 17.7 Å². The molecule has 2 fully saturated rings. The van der Waals surface area contributed by atoms with Gasteiger partial charge in [-0.15, -0.1) is 0 Å². The third-order valence-electron chi connectivity index (χ3n) is 5.69. The van der Waals surface area contributed by atoms with E-state index in [0.717, 1.165) is 24.0 Å². The maximum atomic E-state index is 12.5. The van der Waals surface area contributed by atoms with Crippen molar-refractivity contribution in [2.45, 2.75) is 18.9 Å². The highest BCUT2D eigenvalue weighted by Gasteiger charge is 2.26. The van der Waals surface area contributed by atoms with Crippen LogP contribution in [0.25, 0.3) is 11.1 Å². The van der Waals surface area contributed by atoms with E-state index in [-0.39, 0.29) is 24.3 Å². The lowest BCUT2D eigenvalue weighted by Gasteiger charge is -2.34. The van der Waals surface area contributed by atoms with E-state index in [1.54, 1.807) is 17.0 Å². The normalized spacial score (nSPS) is 16.6. The summed E-state index contributed by atoms with van der Waals surface area (Å²) in [6, 6.07) is 17.7. The molecule has 2 aliphatic rings. The summed E-state index contributed by atoms with van der Waals surface area (Å²) in [6.07, 6.45) is 2.16. The Morgan fingerprint density at radius 2 is 1.48 bits per heavy atom. The molecule has 2 aromatic carbocycles. The molecule has 1 heterocycles. The van der Waals surface area contributed by atoms with Gasteiger partial charge >= 0.3 is 0 Å². The molecule has 2 N–H and O–H groups in total. The fraction of sp³-hybridized carbons (Fsp3) is 0.375. The minimum atomic E-state index is -0.261. The van der Waals surface area contributed by atoms with E-state index in [2.05, 4.69) is 15.5 Å². The molecule has 0 unspecified atom stereocenters. The first-order valence-corrected chi connectivity index (χ1v) is 10.8. The van der Waals surface area contributed by atoms with E-state index in [1.807, 2.05) is 42.5 Å². The van der Waals surface area contributed by atoms with Gasteiger partial charge in [-0.3, -0.25) is 19.3 Å². The Labute approximate surface area is 182 Å². The van der Waals surface area contributed by atoms with Gasteiger partial charge in [0.1, 0.15) is 0 Å². The zero-order valence-corrected chi connectivity index (χ0v) is 17.5. The van der Waals surface area contributed by atoms with E-state index >= 15 is 0 Å². The van der Waals surface area contributed by atoms with Gasteiger partial charge in [-0.25, -0.2) is 0 Å². The van der Waals surface area contributed by atoms with Crippen LogP contribution < -0.4 is 10.6 Å². The molecule has 1 saturated heterocycles. The molecule has 0 bridgehead atoms. The first-order valence-electron chi connectivity index (χ1n) is 10.8. The Morgan fingerprint density at radius 3 is 2.13 bits per heavy atom. The second-order valence-corrected chi connectivity index (χ2v) is 8.12. The van der Waals surface area contributed by atoms with Crippen molar-refractivity contribution in [3.8, 4) is 11.1 Å². The van der Waals surface area contributed by atoms with Crippen molar-refractivity contribution in [2.75, 3.05) is 39.3 Å². The highest BCUT2D eigenvalue weighted by molar-refractivity contribution is 5.96. The number of rotatable bonds is 7. The minimum Gasteiger partial charge on any atom is -0.352 e. The summed E-state index contributed by atoms with van der Waals surface area (Å²) in [5.74, 6) is -0.299. The average Bonchev–Trinajstić information content (AvgIpc) is 3.62. The first kappa shape index (κ1) is 21.1. The quantitative estimate of drug-likeness (QED) is 0.712. The van der Waals surface area contributed by atoms with Crippen LogP contribution >= 0.6 is 0 Å². The molecule has 3 amide bonds. The maximum Gasteiger partial charge on any atom is 0.251 e. The fourth-order valence-corrected chi connectivity index (χ4v) is 3.67. The number of nitrogens with one attached hydrogen (secondary N) is 2. The molecule has 2 aromatic rings. The molecule has 1 saturated carbocycles. The Hall–Kier alpha value is -3.19. The van der Waals surface area contributed by atoms with Crippen molar-refractivity contribution in [2.24, 2.45) is 0 Å². The monoisotopic (exact) mass is 420 g/mol. The van der Waals surface area contributed by atoms with Gasteiger partial charge in [0, 0.05) is 37.8 Å². The van der Waals surface area contributed by atoms with E-state index < -0.39 is 0 Å². The summed E-state index contributed by atoms with van der Waals surface area (Å²) in [5.41, 5.74) is 2.66. The zero-order chi connectivity index (χ0) is 21.6. The minimum absolute atomic E-state index is 0.0264. The van der Waals surface area contributed by atoms with Crippen molar-refractivity contribution < 1.29 is 14.4 Å². The van der Waals surface area contributed by atoms with Crippen LogP contribution in [0.4, 0.5) is 0 Å². The van der Waals surface area contributed by atoms with Crippen molar-refractivity contribution in [1.82, 2.24) is 20.4 Å².